The molecule has 2 aliphatic rings. The Morgan fingerprint density at radius 3 is 2.54 bits per heavy atom. The van der Waals surface area contributed by atoms with Crippen LogP contribution in [-0.4, -0.2) is 41.9 Å². The maximum absolute atomic E-state index is 13.2. The molecule has 7 heteroatoms. The molecule has 0 saturated carbocycles. The van der Waals surface area contributed by atoms with E-state index in [0.717, 1.165) is 10.4 Å². The summed E-state index contributed by atoms with van der Waals surface area (Å²) in [5.41, 5.74) is -0.382. The zero-order valence-electron chi connectivity index (χ0n) is 15.8. The lowest BCUT2D eigenvalue weighted by atomic mass is 9.76. The van der Waals surface area contributed by atoms with E-state index in [1.54, 1.807) is 6.92 Å². The van der Waals surface area contributed by atoms with E-state index in [4.69, 9.17) is 4.74 Å². The van der Waals surface area contributed by atoms with Crippen LogP contribution in [0.5, 0.6) is 0 Å². The highest BCUT2D eigenvalue weighted by molar-refractivity contribution is 7.10. The van der Waals surface area contributed by atoms with Crippen molar-refractivity contribution in [3.63, 3.8) is 0 Å². The van der Waals surface area contributed by atoms with Gasteiger partial charge in [0.05, 0.1) is 25.0 Å². The third kappa shape index (κ3) is 2.69. The van der Waals surface area contributed by atoms with Gasteiger partial charge in [-0.2, -0.15) is 0 Å². The number of amides is 2. The van der Waals surface area contributed by atoms with E-state index < -0.39 is 29.4 Å². The minimum absolute atomic E-state index is 0.220. The fourth-order valence-corrected chi connectivity index (χ4v) is 5.43. The lowest BCUT2D eigenvalue weighted by Crippen LogP contribution is -2.57. The number of benzene rings is 1. The average Bonchev–Trinajstić information content (AvgIpc) is 3.40. The highest BCUT2D eigenvalue weighted by Crippen LogP contribution is 2.50. The SMILES string of the molecule is CCN1C(=O)[C@H]2[C@@H](c3cccs3)N[C@@](Cc3ccccc3)(C(=O)OC)[C@@H]2C1=O. The number of ether oxygens (including phenoxy) is 1. The molecule has 1 aromatic heterocycles. The summed E-state index contributed by atoms with van der Waals surface area (Å²) in [6.45, 7) is 2.08. The molecule has 1 aromatic carbocycles. The van der Waals surface area contributed by atoms with Gasteiger partial charge >= 0.3 is 5.97 Å². The normalized spacial score (nSPS) is 29.2. The molecule has 2 aromatic rings. The molecule has 6 nitrogen and oxygen atoms in total. The highest BCUT2D eigenvalue weighted by Gasteiger charge is 2.68. The molecule has 0 unspecified atom stereocenters. The van der Waals surface area contributed by atoms with Crippen LogP contribution < -0.4 is 5.32 Å². The van der Waals surface area contributed by atoms with E-state index in [9.17, 15) is 14.4 Å². The van der Waals surface area contributed by atoms with Crippen LogP contribution in [-0.2, 0) is 25.5 Å². The smallest absolute Gasteiger partial charge is 0.327 e. The Bertz CT molecular complexity index is 898. The van der Waals surface area contributed by atoms with E-state index in [1.807, 2.05) is 47.8 Å². The van der Waals surface area contributed by atoms with E-state index in [1.165, 1.54) is 23.3 Å². The molecule has 2 saturated heterocycles. The number of rotatable bonds is 5. The van der Waals surface area contributed by atoms with Crippen molar-refractivity contribution in [2.45, 2.75) is 24.9 Å². The van der Waals surface area contributed by atoms with Crippen LogP contribution in [0.3, 0.4) is 0 Å². The first-order valence-electron chi connectivity index (χ1n) is 9.32. The van der Waals surface area contributed by atoms with E-state index in [-0.39, 0.29) is 18.2 Å². The standard InChI is InChI=1S/C21H22N2O4S/c1-3-23-18(24)15-16(19(23)25)21(20(26)27-2,12-13-8-5-4-6-9-13)22-17(15)14-10-7-11-28-14/h4-11,15-17,22H,3,12H2,1-2H3/t15-,16+,17-,21-/m1/s1. The van der Waals surface area contributed by atoms with Gasteiger partial charge in [0, 0.05) is 17.8 Å². The number of nitrogens with one attached hydrogen (secondary N) is 1. The summed E-state index contributed by atoms with van der Waals surface area (Å²) < 4.78 is 5.16. The molecular formula is C21H22N2O4S. The van der Waals surface area contributed by atoms with Crippen LogP contribution in [0.1, 0.15) is 23.4 Å². The number of nitrogens with zero attached hydrogens (tertiary/aromatic N) is 1. The summed E-state index contributed by atoms with van der Waals surface area (Å²) in [4.78, 5) is 41.6. The number of hydrogen-bond donors (Lipinski definition) is 1. The van der Waals surface area contributed by atoms with Gasteiger partial charge < -0.3 is 4.74 Å². The predicted molar refractivity (Wildman–Crippen MR) is 104 cm³/mol. The summed E-state index contributed by atoms with van der Waals surface area (Å²) in [5.74, 6) is -2.44. The number of thiophene rings is 1. The third-order valence-corrected chi connectivity index (χ3v) is 6.74. The number of methoxy groups -OCH3 is 1. The van der Waals surface area contributed by atoms with Gasteiger partial charge in [-0.15, -0.1) is 11.3 Å². The van der Waals surface area contributed by atoms with Crippen molar-refractivity contribution in [3.8, 4) is 0 Å². The zero-order valence-corrected chi connectivity index (χ0v) is 16.6. The molecule has 0 spiro atoms. The van der Waals surface area contributed by atoms with Gasteiger partial charge in [0.25, 0.3) is 0 Å². The second kappa shape index (κ2) is 7.14. The van der Waals surface area contributed by atoms with Crippen molar-refractivity contribution < 1.29 is 19.1 Å². The fraction of sp³-hybridized carbons (Fsp3) is 0.381. The summed E-state index contributed by atoms with van der Waals surface area (Å²) >= 11 is 1.51. The fourth-order valence-electron chi connectivity index (χ4n) is 4.61. The molecule has 3 heterocycles. The largest absolute Gasteiger partial charge is 0.468 e. The Labute approximate surface area is 167 Å². The van der Waals surface area contributed by atoms with Crippen molar-refractivity contribution in [2.24, 2.45) is 11.8 Å². The number of imide groups is 1. The summed E-state index contributed by atoms with van der Waals surface area (Å²) in [6, 6.07) is 13.0. The molecule has 0 aliphatic carbocycles. The Morgan fingerprint density at radius 1 is 1.18 bits per heavy atom. The van der Waals surface area contributed by atoms with Gasteiger partial charge in [-0.25, -0.2) is 0 Å². The van der Waals surface area contributed by atoms with Crippen molar-refractivity contribution in [3.05, 3.63) is 58.3 Å². The highest BCUT2D eigenvalue weighted by atomic mass is 32.1. The van der Waals surface area contributed by atoms with Crippen molar-refractivity contribution in [2.75, 3.05) is 13.7 Å². The molecule has 1 N–H and O–H groups in total. The van der Waals surface area contributed by atoms with Crippen LogP contribution >= 0.6 is 11.3 Å². The molecule has 2 amide bonds. The van der Waals surface area contributed by atoms with Gasteiger partial charge in [0.2, 0.25) is 11.8 Å². The molecule has 28 heavy (non-hydrogen) atoms. The molecule has 0 radical (unpaired) electrons. The average molecular weight is 398 g/mol. The third-order valence-electron chi connectivity index (χ3n) is 5.79. The van der Waals surface area contributed by atoms with Crippen molar-refractivity contribution >= 4 is 29.1 Å². The quantitative estimate of drug-likeness (QED) is 0.617. The zero-order chi connectivity index (χ0) is 19.9. The second-order valence-corrected chi connectivity index (χ2v) is 8.17. The first-order chi connectivity index (χ1) is 13.5. The monoisotopic (exact) mass is 398 g/mol. The summed E-state index contributed by atoms with van der Waals surface area (Å²) in [5, 5.41) is 5.31. The Morgan fingerprint density at radius 2 is 1.93 bits per heavy atom. The van der Waals surface area contributed by atoms with Crippen LogP contribution in [0.2, 0.25) is 0 Å². The molecule has 2 aliphatic heterocycles. The van der Waals surface area contributed by atoms with Crippen LogP contribution in [0, 0.1) is 11.8 Å². The predicted octanol–water partition coefficient (Wildman–Crippen LogP) is 2.17. The maximum Gasteiger partial charge on any atom is 0.327 e. The number of esters is 1. The van der Waals surface area contributed by atoms with E-state index in [0.29, 0.717) is 6.54 Å². The minimum atomic E-state index is -1.29. The first kappa shape index (κ1) is 18.8. The lowest BCUT2D eigenvalue weighted by Gasteiger charge is -2.32. The van der Waals surface area contributed by atoms with Crippen LogP contribution in [0.4, 0.5) is 0 Å². The Kier molecular flexibility index (Phi) is 4.81. The van der Waals surface area contributed by atoms with E-state index >= 15 is 0 Å². The van der Waals surface area contributed by atoms with Gasteiger partial charge in [-0.1, -0.05) is 36.4 Å². The Hall–Kier alpha value is -2.51. The summed E-state index contributed by atoms with van der Waals surface area (Å²) in [7, 11) is 1.32. The lowest BCUT2D eigenvalue weighted by molar-refractivity contribution is -0.154. The molecule has 0 bridgehead atoms. The van der Waals surface area contributed by atoms with Crippen LogP contribution in [0.25, 0.3) is 0 Å². The number of fused-ring (bicyclic) bond motifs is 1. The number of hydrogen-bond acceptors (Lipinski definition) is 6. The van der Waals surface area contributed by atoms with Crippen molar-refractivity contribution in [1.82, 2.24) is 10.2 Å². The molecule has 4 rings (SSSR count). The topological polar surface area (TPSA) is 75.7 Å². The van der Waals surface area contributed by atoms with E-state index in [2.05, 4.69) is 5.32 Å². The molecule has 2 fully saturated rings. The minimum Gasteiger partial charge on any atom is -0.468 e. The number of carbonyl (C=O) groups excluding carboxylic acids is 3. The number of likely N-dealkylation sites (tertiary alicyclic amines) is 1. The van der Waals surface area contributed by atoms with Gasteiger partial charge in [-0.05, 0) is 23.9 Å². The second-order valence-electron chi connectivity index (χ2n) is 7.19. The molecular weight excluding hydrogens is 376 g/mol. The summed E-state index contributed by atoms with van der Waals surface area (Å²) in [6.07, 6.45) is 0.278. The van der Waals surface area contributed by atoms with Crippen LogP contribution in [0.15, 0.2) is 47.8 Å². The van der Waals surface area contributed by atoms with Gasteiger partial charge in [-0.3, -0.25) is 24.6 Å². The van der Waals surface area contributed by atoms with Crippen molar-refractivity contribution in [1.29, 1.82) is 0 Å². The molecule has 4 atom stereocenters. The van der Waals surface area contributed by atoms with Gasteiger partial charge in [0.1, 0.15) is 5.54 Å². The first-order valence-corrected chi connectivity index (χ1v) is 10.2. The Balaban J connectivity index is 1.86. The maximum atomic E-state index is 13.2. The number of carbonyl (C=O) groups is 3. The van der Waals surface area contributed by atoms with Gasteiger partial charge in [0.15, 0.2) is 0 Å². The molecule has 146 valence electrons.